The minimum Gasteiger partial charge on any atom is -0.493 e. The van der Waals surface area contributed by atoms with Crippen molar-refractivity contribution in [2.24, 2.45) is 0 Å². The molecule has 0 fully saturated rings. The summed E-state index contributed by atoms with van der Waals surface area (Å²) >= 11 is 0. The van der Waals surface area contributed by atoms with Crippen LogP contribution in [-0.2, 0) is 0 Å². The number of benzene rings is 2. The van der Waals surface area contributed by atoms with Gasteiger partial charge in [0.05, 0.1) is 12.5 Å². The first-order chi connectivity index (χ1) is 13.9. The Hall–Kier alpha value is -4.02. The van der Waals surface area contributed by atoms with Crippen LogP contribution in [0.1, 0.15) is 20.8 Å². The molecule has 11 heteroatoms. The summed E-state index contributed by atoms with van der Waals surface area (Å²) < 4.78 is 33.9. The smallest absolute Gasteiger partial charge is 0.387 e. The fourth-order valence-electron chi connectivity index (χ4n) is 2.53. The summed E-state index contributed by atoms with van der Waals surface area (Å²) in [6.07, 6.45) is 0. The summed E-state index contributed by atoms with van der Waals surface area (Å²) in [6.45, 7) is -3.05. The van der Waals surface area contributed by atoms with Gasteiger partial charge in [-0.15, -0.1) is 0 Å². The highest BCUT2D eigenvalue weighted by Crippen LogP contribution is 2.29. The number of carbonyl (C=O) groups is 2. The largest absolute Gasteiger partial charge is 0.493 e. The summed E-state index contributed by atoms with van der Waals surface area (Å²) in [6, 6.07) is 9.87. The number of hydrogen-bond donors (Lipinski definition) is 3. The SMILES string of the molecule is COc1cc(C(=O)NNC(=O)c2n[nH]c(=O)c3ccccc23)ccc1OC(F)F. The summed E-state index contributed by atoms with van der Waals surface area (Å²) in [7, 11) is 1.23. The van der Waals surface area contributed by atoms with Crippen molar-refractivity contribution in [2.75, 3.05) is 7.11 Å². The maximum Gasteiger partial charge on any atom is 0.387 e. The molecule has 3 N–H and O–H groups in total. The van der Waals surface area contributed by atoms with Crippen LogP contribution < -0.4 is 25.9 Å². The second-order valence-corrected chi connectivity index (χ2v) is 5.60. The number of aromatic nitrogens is 2. The van der Waals surface area contributed by atoms with E-state index in [9.17, 15) is 23.2 Å². The minimum atomic E-state index is -3.05. The Kier molecular flexibility index (Phi) is 5.67. The van der Waals surface area contributed by atoms with Gasteiger partial charge in [0.25, 0.3) is 17.4 Å². The highest BCUT2D eigenvalue weighted by molar-refractivity contribution is 6.06. The molecule has 29 heavy (non-hydrogen) atoms. The predicted molar refractivity (Wildman–Crippen MR) is 96.9 cm³/mol. The quantitative estimate of drug-likeness (QED) is 0.556. The fraction of sp³-hybridized carbons (Fsp3) is 0.111. The normalized spacial score (nSPS) is 10.6. The average Bonchev–Trinajstić information content (AvgIpc) is 2.72. The first-order valence-electron chi connectivity index (χ1n) is 8.11. The van der Waals surface area contributed by atoms with Crippen molar-refractivity contribution < 1.29 is 27.8 Å². The Morgan fingerprint density at radius 2 is 1.72 bits per heavy atom. The van der Waals surface area contributed by atoms with Crippen LogP contribution in [0.5, 0.6) is 11.5 Å². The van der Waals surface area contributed by atoms with E-state index in [1.165, 1.54) is 25.3 Å². The average molecular weight is 404 g/mol. The standard InChI is InChI=1S/C18H14F2N4O5/c1-28-13-8-9(6-7-12(13)29-18(19)20)15(25)22-24-17(27)14-10-4-2-3-5-11(10)16(26)23-21-14/h2-8,18H,1H3,(H,22,25)(H,23,26)(H,24,27). The van der Waals surface area contributed by atoms with Crippen LogP contribution in [0.3, 0.4) is 0 Å². The Labute approximate surface area is 161 Å². The van der Waals surface area contributed by atoms with Crippen molar-refractivity contribution >= 4 is 22.6 Å². The van der Waals surface area contributed by atoms with Gasteiger partial charge in [0.15, 0.2) is 17.2 Å². The molecule has 3 aromatic rings. The fourth-order valence-corrected chi connectivity index (χ4v) is 2.53. The molecule has 3 rings (SSSR count). The van der Waals surface area contributed by atoms with E-state index < -0.39 is 24.0 Å². The molecule has 0 unspecified atom stereocenters. The van der Waals surface area contributed by atoms with E-state index in [-0.39, 0.29) is 28.1 Å². The number of hydrogen-bond acceptors (Lipinski definition) is 6. The molecule has 2 amide bonds. The zero-order valence-electron chi connectivity index (χ0n) is 14.9. The lowest BCUT2D eigenvalue weighted by Gasteiger charge is -2.12. The molecule has 0 aliphatic heterocycles. The van der Waals surface area contributed by atoms with Gasteiger partial charge in [0.1, 0.15) is 0 Å². The number of fused-ring (bicyclic) bond motifs is 1. The predicted octanol–water partition coefficient (Wildman–Crippen LogP) is 1.61. The summed E-state index contributed by atoms with van der Waals surface area (Å²) in [5.41, 5.74) is 3.81. The second kappa shape index (κ2) is 8.33. The topological polar surface area (TPSA) is 122 Å². The Bertz CT molecular complexity index is 1130. The van der Waals surface area contributed by atoms with Gasteiger partial charge >= 0.3 is 6.61 Å². The minimum absolute atomic E-state index is 0.0167. The van der Waals surface area contributed by atoms with Gasteiger partial charge in [0.2, 0.25) is 0 Å². The molecule has 0 saturated carbocycles. The molecule has 150 valence electrons. The first kappa shape index (κ1) is 19.7. The van der Waals surface area contributed by atoms with Gasteiger partial charge in [-0.05, 0) is 24.3 Å². The lowest BCUT2D eigenvalue weighted by molar-refractivity contribution is -0.0512. The number of H-pyrrole nitrogens is 1. The Balaban J connectivity index is 1.75. The van der Waals surface area contributed by atoms with Gasteiger partial charge in [-0.3, -0.25) is 25.2 Å². The molecular formula is C18H14F2N4O5. The van der Waals surface area contributed by atoms with Gasteiger partial charge in [-0.1, -0.05) is 18.2 Å². The lowest BCUT2D eigenvalue weighted by atomic mass is 10.1. The molecule has 0 spiro atoms. The molecule has 2 aromatic carbocycles. The number of hydrazine groups is 1. The maximum absolute atomic E-state index is 12.4. The van der Waals surface area contributed by atoms with Gasteiger partial charge in [-0.2, -0.15) is 13.9 Å². The number of halogens is 2. The summed E-state index contributed by atoms with van der Waals surface area (Å²) in [5, 5.41) is 6.49. The van der Waals surface area contributed by atoms with Crippen molar-refractivity contribution in [2.45, 2.75) is 6.61 Å². The molecule has 0 radical (unpaired) electrons. The number of carbonyl (C=O) groups excluding carboxylic acids is 2. The van der Waals surface area contributed by atoms with Gasteiger partial charge in [-0.25, -0.2) is 5.10 Å². The molecule has 0 aliphatic carbocycles. The molecule has 0 aliphatic rings. The van der Waals surface area contributed by atoms with Crippen LogP contribution in [-0.4, -0.2) is 35.7 Å². The summed E-state index contributed by atoms with van der Waals surface area (Å²) in [5.74, 6) is -1.84. The molecular weight excluding hydrogens is 390 g/mol. The van der Waals surface area contributed by atoms with Gasteiger partial charge < -0.3 is 9.47 Å². The zero-order valence-corrected chi connectivity index (χ0v) is 14.9. The molecule has 1 heterocycles. The van der Waals surface area contributed by atoms with Crippen LogP contribution >= 0.6 is 0 Å². The number of nitrogens with zero attached hydrogens (tertiary/aromatic N) is 1. The zero-order chi connectivity index (χ0) is 21.0. The van der Waals surface area contributed by atoms with Crippen molar-refractivity contribution in [3.63, 3.8) is 0 Å². The first-order valence-corrected chi connectivity index (χ1v) is 8.11. The Morgan fingerprint density at radius 3 is 2.41 bits per heavy atom. The number of aromatic amines is 1. The second-order valence-electron chi connectivity index (χ2n) is 5.60. The molecule has 0 saturated heterocycles. The van der Waals surface area contributed by atoms with Crippen molar-refractivity contribution in [3.8, 4) is 11.5 Å². The third-order valence-corrected chi connectivity index (χ3v) is 3.84. The van der Waals surface area contributed by atoms with E-state index in [2.05, 4.69) is 25.8 Å². The van der Waals surface area contributed by atoms with Crippen LogP contribution in [0.15, 0.2) is 47.3 Å². The van der Waals surface area contributed by atoms with Crippen molar-refractivity contribution in [1.82, 2.24) is 21.0 Å². The van der Waals surface area contributed by atoms with Crippen molar-refractivity contribution in [1.29, 1.82) is 0 Å². The number of amides is 2. The maximum atomic E-state index is 12.4. The monoisotopic (exact) mass is 404 g/mol. The third kappa shape index (κ3) is 4.29. The third-order valence-electron chi connectivity index (χ3n) is 3.84. The van der Waals surface area contributed by atoms with E-state index in [0.29, 0.717) is 5.39 Å². The van der Waals surface area contributed by atoms with Crippen LogP contribution in [0.2, 0.25) is 0 Å². The molecule has 1 aromatic heterocycles. The highest BCUT2D eigenvalue weighted by atomic mass is 19.3. The van der Waals surface area contributed by atoms with Crippen LogP contribution in [0.4, 0.5) is 8.78 Å². The number of alkyl halides is 2. The number of nitrogens with one attached hydrogen (secondary N) is 3. The number of methoxy groups -OCH3 is 1. The lowest BCUT2D eigenvalue weighted by Crippen LogP contribution is -2.42. The van der Waals surface area contributed by atoms with E-state index >= 15 is 0 Å². The Morgan fingerprint density at radius 1 is 1.03 bits per heavy atom. The van der Waals surface area contributed by atoms with Gasteiger partial charge in [0, 0.05) is 10.9 Å². The molecule has 0 atom stereocenters. The van der Waals surface area contributed by atoms with Crippen molar-refractivity contribution in [3.05, 3.63) is 64.1 Å². The van der Waals surface area contributed by atoms with E-state index in [4.69, 9.17) is 4.74 Å². The highest BCUT2D eigenvalue weighted by Gasteiger charge is 2.17. The molecule has 9 nitrogen and oxygen atoms in total. The van der Waals surface area contributed by atoms with E-state index in [0.717, 1.165) is 6.07 Å². The number of ether oxygens (including phenoxy) is 2. The molecule has 0 bridgehead atoms. The number of rotatable bonds is 5. The van der Waals surface area contributed by atoms with Crippen LogP contribution in [0, 0.1) is 0 Å². The van der Waals surface area contributed by atoms with E-state index in [1.807, 2.05) is 0 Å². The van der Waals surface area contributed by atoms with E-state index in [1.54, 1.807) is 18.2 Å². The van der Waals surface area contributed by atoms with Crippen LogP contribution in [0.25, 0.3) is 10.8 Å². The summed E-state index contributed by atoms with van der Waals surface area (Å²) in [4.78, 5) is 36.4.